The first-order valence-electron chi connectivity index (χ1n) is 6.60. The summed E-state index contributed by atoms with van der Waals surface area (Å²) in [6, 6.07) is 9.76. The van der Waals surface area contributed by atoms with E-state index in [2.05, 4.69) is 23.1 Å². The van der Waals surface area contributed by atoms with Gasteiger partial charge in [0.1, 0.15) is 5.76 Å². The Morgan fingerprint density at radius 1 is 1.36 bits per heavy atom. The Balaban J connectivity index is 2.16. The average molecular weight is 318 g/mol. The van der Waals surface area contributed by atoms with Crippen molar-refractivity contribution in [3.05, 3.63) is 54.5 Å². The van der Waals surface area contributed by atoms with Gasteiger partial charge in [0, 0.05) is 11.9 Å². The van der Waals surface area contributed by atoms with E-state index in [4.69, 9.17) is 4.42 Å². The monoisotopic (exact) mass is 318 g/mol. The van der Waals surface area contributed by atoms with Crippen LogP contribution in [0.5, 0.6) is 0 Å². The molecule has 22 heavy (non-hydrogen) atoms. The van der Waals surface area contributed by atoms with E-state index in [0.29, 0.717) is 6.41 Å². The molecule has 1 aromatic carbocycles. The van der Waals surface area contributed by atoms with Gasteiger partial charge in [0.15, 0.2) is 0 Å². The molecular weight excluding hydrogens is 300 g/mol. The minimum Gasteiger partial charge on any atom is -0.468 e. The van der Waals surface area contributed by atoms with Gasteiger partial charge in [-0.3, -0.25) is 15.2 Å². The Morgan fingerprint density at radius 3 is 2.91 bits per heavy atom. The number of anilines is 1. The van der Waals surface area contributed by atoms with Gasteiger partial charge >= 0.3 is 0 Å². The van der Waals surface area contributed by atoms with Crippen molar-refractivity contribution in [1.82, 2.24) is 16.5 Å². The first-order chi connectivity index (χ1) is 10.8. The van der Waals surface area contributed by atoms with Crippen molar-refractivity contribution < 1.29 is 9.21 Å². The molecule has 1 amide bonds. The summed E-state index contributed by atoms with van der Waals surface area (Å²) in [7, 11) is 1.85. The molecule has 1 aromatic heterocycles. The van der Waals surface area contributed by atoms with Crippen molar-refractivity contribution >= 4 is 29.9 Å². The molecule has 1 heterocycles. The van der Waals surface area contributed by atoms with Crippen LogP contribution in [-0.4, -0.2) is 13.5 Å². The van der Waals surface area contributed by atoms with E-state index >= 15 is 0 Å². The minimum atomic E-state index is 0.549. The molecule has 0 spiro atoms. The Bertz CT molecular complexity index is 616. The molecule has 0 atom stereocenters. The number of nitrogens with one attached hydrogen (secondary N) is 3. The smallest absolute Gasteiger partial charge is 0.222 e. The maximum Gasteiger partial charge on any atom is 0.222 e. The van der Waals surface area contributed by atoms with Crippen LogP contribution in [0, 0.1) is 0 Å². The number of hydrogen-bond donors (Lipinski definition) is 3. The molecule has 3 N–H and O–H groups in total. The zero-order chi connectivity index (χ0) is 15.8. The van der Waals surface area contributed by atoms with Gasteiger partial charge in [0.2, 0.25) is 6.41 Å². The number of hydrazine groups is 3. The van der Waals surface area contributed by atoms with E-state index in [1.807, 2.05) is 43.5 Å². The maximum atomic E-state index is 10.3. The lowest BCUT2D eigenvalue weighted by Gasteiger charge is -2.24. The van der Waals surface area contributed by atoms with Gasteiger partial charge in [-0.1, -0.05) is 24.8 Å². The van der Waals surface area contributed by atoms with Gasteiger partial charge in [-0.15, -0.1) is 11.8 Å². The van der Waals surface area contributed by atoms with E-state index in [-0.39, 0.29) is 0 Å². The molecule has 0 bridgehead atoms. The Hall–Kier alpha value is -2.22. The molecule has 116 valence electrons. The van der Waals surface area contributed by atoms with E-state index in [1.54, 1.807) is 23.0 Å². The number of nitrogens with zero attached hydrogens (tertiary/aromatic N) is 1. The molecule has 0 saturated heterocycles. The zero-order valence-electron chi connectivity index (χ0n) is 12.2. The van der Waals surface area contributed by atoms with Crippen LogP contribution in [-0.2, 0) is 10.5 Å². The Morgan fingerprint density at radius 2 is 2.23 bits per heavy atom. The van der Waals surface area contributed by atoms with Crippen LogP contribution in [0.3, 0.4) is 0 Å². The average Bonchev–Trinajstić information content (AvgIpc) is 3.06. The van der Waals surface area contributed by atoms with Crippen molar-refractivity contribution in [2.75, 3.05) is 12.1 Å². The van der Waals surface area contributed by atoms with E-state index in [9.17, 15) is 4.79 Å². The standard InChI is InChI=1S/C15H18N4O2S/c1-3-12-6-4-8-14(19(2)18-17-16-11-20)15(12)22-10-13-7-5-9-21-13/h3-9,11,17-18H,1,10H2,2H3,(H,16,20). The number of benzene rings is 1. The molecule has 0 aliphatic rings. The normalized spacial score (nSPS) is 10.2. The molecular formula is C15H18N4O2S. The predicted octanol–water partition coefficient (Wildman–Crippen LogP) is 2.32. The summed E-state index contributed by atoms with van der Waals surface area (Å²) in [6.45, 7) is 3.86. The molecule has 2 aromatic rings. The van der Waals surface area contributed by atoms with E-state index in [0.717, 1.165) is 27.7 Å². The van der Waals surface area contributed by atoms with Crippen molar-refractivity contribution in [3.8, 4) is 0 Å². The third-order valence-corrected chi connectivity index (χ3v) is 4.06. The molecule has 6 nitrogen and oxygen atoms in total. The maximum absolute atomic E-state index is 10.3. The number of thioether (sulfide) groups is 1. The van der Waals surface area contributed by atoms with Crippen LogP contribution in [0.4, 0.5) is 5.69 Å². The molecule has 7 heteroatoms. The molecule has 0 saturated carbocycles. The van der Waals surface area contributed by atoms with Gasteiger partial charge < -0.3 is 4.42 Å². The molecule has 0 radical (unpaired) electrons. The lowest BCUT2D eigenvalue weighted by atomic mass is 10.2. The number of rotatable bonds is 9. The van der Waals surface area contributed by atoms with Gasteiger partial charge in [-0.2, -0.15) is 11.1 Å². The third kappa shape index (κ3) is 4.14. The van der Waals surface area contributed by atoms with Crippen LogP contribution in [0.15, 0.2) is 52.5 Å². The summed E-state index contributed by atoms with van der Waals surface area (Å²) in [4.78, 5) is 11.3. The first kappa shape index (κ1) is 16.2. The third-order valence-electron chi connectivity index (χ3n) is 2.90. The molecule has 0 fully saturated rings. The Labute approximate surface area is 133 Å². The van der Waals surface area contributed by atoms with Crippen molar-refractivity contribution in [1.29, 1.82) is 0 Å². The second kappa shape index (κ2) is 8.28. The predicted molar refractivity (Wildman–Crippen MR) is 88.7 cm³/mol. The zero-order valence-corrected chi connectivity index (χ0v) is 13.0. The van der Waals surface area contributed by atoms with Crippen molar-refractivity contribution in [2.24, 2.45) is 0 Å². The Kier molecular flexibility index (Phi) is 6.08. The number of carbonyl (C=O) groups excluding carboxylic acids is 1. The van der Waals surface area contributed by atoms with Gasteiger partial charge in [-0.25, -0.2) is 0 Å². The lowest BCUT2D eigenvalue weighted by Crippen LogP contribution is -2.51. The summed E-state index contributed by atoms with van der Waals surface area (Å²) in [5, 5.41) is 1.77. The highest BCUT2D eigenvalue weighted by Crippen LogP contribution is 2.35. The highest BCUT2D eigenvalue weighted by atomic mass is 32.2. The van der Waals surface area contributed by atoms with E-state index in [1.165, 1.54) is 0 Å². The summed E-state index contributed by atoms with van der Waals surface area (Å²) in [5.41, 5.74) is 9.74. The highest BCUT2D eigenvalue weighted by Gasteiger charge is 2.12. The summed E-state index contributed by atoms with van der Waals surface area (Å²) >= 11 is 1.66. The van der Waals surface area contributed by atoms with Gasteiger partial charge in [0.05, 0.1) is 17.7 Å². The summed E-state index contributed by atoms with van der Waals surface area (Å²) in [5.74, 6) is 1.63. The second-order valence-electron chi connectivity index (χ2n) is 4.33. The SMILES string of the molecule is C=Cc1cccc(N(C)NNNC=O)c1SCc1ccco1. The molecule has 0 aliphatic carbocycles. The van der Waals surface area contributed by atoms with Crippen molar-refractivity contribution in [2.45, 2.75) is 10.6 Å². The van der Waals surface area contributed by atoms with Crippen LogP contribution in [0.2, 0.25) is 0 Å². The number of amides is 1. The summed E-state index contributed by atoms with van der Waals surface area (Å²) in [6.07, 6.45) is 4.03. The fraction of sp³-hybridized carbons (Fsp3) is 0.133. The molecule has 0 unspecified atom stereocenters. The number of furan rings is 1. The van der Waals surface area contributed by atoms with Crippen LogP contribution in [0.25, 0.3) is 6.08 Å². The van der Waals surface area contributed by atoms with Gasteiger partial charge in [-0.05, 0) is 23.8 Å². The van der Waals surface area contributed by atoms with Crippen LogP contribution >= 0.6 is 11.8 Å². The number of hydrogen-bond acceptors (Lipinski definition) is 6. The second-order valence-corrected chi connectivity index (χ2v) is 5.31. The van der Waals surface area contributed by atoms with E-state index < -0.39 is 0 Å². The quantitative estimate of drug-likeness (QED) is 0.285. The highest BCUT2D eigenvalue weighted by molar-refractivity contribution is 7.98. The van der Waals surface area contributed by atoms with Crippen LogP contribution in [0.1, 0.15) is 11.3 Å². The molecule has 0 aliphatic heterocycles. The fourth-order valence-electron chi connectivity index (χ4n) is 1.87. The fourth-order valence-corrected chi connectivity index (χ4v) is 2.99. The van der Waals surface area contributed by atoms with Crippen molar-refractivity contribution in [3.63, 3.8) is 0 Å². The summed E-state index contributed by atoms with van der Waals surface area (Å²) < 4.78 is 5.37. The largest absolute Gasteiger partial charge is 0.468 e. The van der Waals surface area contributed by atoms with Crippen LogP contribution < -0.4 is 21.5 Å². The topological polar surface area (TPSA) is 69.5 Å². The molecule has 2 rings (SSSR count). The number of carbonyl (C=O) groups is 1. The van der Waals surface area contributed by atoms with Gasteiger partial charge in [0.25, 0.3) is 0 Å². The lowest BCUT2D eigenvalue weighted by molar-refractivity contribution is -0.110. The first-order valence-corrected chi connectivity index (χ1v) is 7.59. The minimum absolute atomic E-state index is 0.549.